The molecule has 0 unspecified atom stereocenters. The summed E-state index contributed by atoms with van der Waals surface area (Å²) in [4.78, 5) is 3.51. The van der Waals surface area contributed by atoms with Gasteiger partial charge in [-0.15, -0.1) is 22.0 Å². The fourth-order valence-electron chi connectivity index (χ4n) is 2.26. The first-order chi connectivity index (χ1) is 10.8. The van der Waals surface area contributed by atoms with Gasteiger partial charge in [-0.3, -0.25) is 0 Å². The van der Waals surface area contributed by atoms with E-state index in [0.29, 0.717) is 0 Å². The van der Waals surface area contributed by atoms with Crippen molar-refractivity contribution in [3.05, 3.63) is 29.3 Å². The predicted molar refractivity (Wildman–Crippen MR) is 98.9 cm³/mol. The Labute approximate surface area is 148 Å². The highest BCUT2D eigenvalue weighted by atomic mass is 35.5. The topological polar surface area (TPSA) is 29.0 Å². The Morgan fingerprint density at radius 1 is 1.09 bits per heavy atom. The average molecular weight is 372 g/mol. The van der Waals surface area contributed by atoms with Gasteiger partial charge < -0.3 is 4.90 Å². The van der Waals surface area contributed by atoms with Gasteiger partial charge in [-0.05, 0) is 37.1 Å². The maximum atomic E-state index is 6.15. The first-order valence-electron chi connectivity index (χ1n) is 7.41. The first kappa shape index (κ1) is 16.4. The highest BCUT2D eigenvalue weighted by Gasteiger charge is 2.16. The second kappa shape index (κ2) is 8.43. The molecular weight excluding hydrogens is 354 g/mol. The van der Waals surface area contributed by atoms with E-state index < -0.39 is 0 Å². The Bertz CT molecular complexity index is 599. The zero-order chi connectivity index (χ0) is 15.2. The smallest absolute Gasteiger partial charge is 0.209 e. The van der Waals surface area contributed by atoms with Crippen LogP contribution < -0.4 is 4.90 Å². The fourth-order valence-corrected chi connectivity index (χ4v) is 5.53. The van der Waals surface area contributed by atoms with Crippen LogP contribution in [0.15, 0.2) is 33.5 Å². The Morgan fingerprint density at radius 2 is 1.86 bits per heavy atom. The van der Waals surface area contributed by atoms with Crippen LogP contribution in [0, 0.1) is 0 Å². The zero-order valence-corrected chi connectivity index (χ0v) is 15.4. The third-order valence-electron chi connectivity index (χ3n) is 3.38. The van der Waals surface area contributed by atoms with Crippen molar-refractivity contribution >= 4 is 51.6 Å². The molecule has 1 aromatic carbocycles. The van der Waals surface area contributed by atoms with E-state index in [4.69, 9.17) is 11.6 Å². The van der Waals surface area contributed by atoms with Crippen LogP contribution in [-0.2, 0) is 0 Å². The Kier molecular flexibility index (Phi) is 6.30. The standard InChI is InChI=1S/C15H18ClN3S3/c16-12-6-1-2-7-13(12)20-10-5-11-21-15-18-17-14(22-15)19-8-3-4-9-19/h1-2,6-7H,3-5,8-11H2. The number of hydrogen-bond acceptors (Lipinski definition) is 6. The summed E-state index contributed by atoms with van der Waals surface area (Å²) in [7, 11) is 0. The van der Waals surface area contributed by atoms with E-state index in [1.807, 2.05) is 41.7 Å². The van der Waals surface area contributed by atoms with E-state index in [2.05, 4.69) is 21.2 Å². The number of aromatic nitrogens is 2. The Morgan fingerprint density at radius 3 is 2.68 bits per heavy atom. The maximum absolute atomic E-state index is 6.15. The molecule has 0 aliphatic carbocycles. The molecule has 1 aromatic heterocycles. The molecule has 7 heteroatoms. The number of thioether (sulfide) groups is 2. The summed E-state index contributed by atoms with van der Waals surface area (Å²) in [5.41, 5.74) is 0. The number of nitrogens with zero attached hydrogens (tertiary/aromatic N) is 3. The zero-order valence-electron chi connectivity index (χ0n) is 12.2. The van der Waals surface area contributed by atoms with Gasteiger partial charge in [0, 0.05) is 23.7 Å². The molecule has 1 fully saturated rings. The van der Waals surface area contributed by atoms with Crippen molar-refractivity contribution < 1.29 is 0 Å². The fraction of sp³-hybridized carbons (Fsp3) is 0.467. The van der Waals surface area contributed by atoms with Crippen molar-refractivity contribution in [3.8, 4) is 0 Å². The minimum Gasteiger partial charge on any atom is -0.347 e. The Hall–Kier alpha value is -0.430. The van der Waals surface area contributed by atoms with Gasteiger partial charge in [-0.2, -0.15) is 0 Å². The molecule has 118 valence electrons. The number of hydrogen-bond donors (Lipinski definition) is 0. The molecule has 0 amide bonds. The lowest BCUT2D eigenvalue weighted by Gasteiger charge is -2.10. The molecule has 3 nitrogen and oxygen atoms in total. The molecule has 0 radical (unpaired) electrons. The highest BCUT2D eigenvalue weighted by Crippen LogP contribution is 2.31. The maximum Gasteiger partial charge on any atom is 0.209 e. The number of halogens is 1. The van der Waals surface area contributed by atoms with Crippen LogP contribution in [0.1, 0.15) is 19.3 Å². The lowest BCUT2D eigenvalue weighted by atomic mass is 10.4. The first-order valence-corrected chi connectivity index (χ1v) is 10.6. The minimum atomic E-state index is 0.847. The molecule has 2 aromatic rings. The van der Waals surface area contributed by atoms with Crippen LogP contribution in [0.2, 0.25) is 5.02 Å². The largest absolute Gasteiger partial charge is 0.347 e. The second-order valence-corrected chi connectivity index (χ2v) is 8.87. The summed E-state index contributed by atoms with van der Waals surface area (Å²) in [6.07, 6.45) is 3.70. The summed E-state index contributed by atoms with van der Waals surface area (Å²) in [5, 5.41) is 10.5. The van der Waals surface area contributed by atoms with Crippen molar-refractivity contribution in [2.24, 2.45) is 0 Å². The summed E-state index contributed by atoms with van der Waals surface area (Å²) < 4.78 is 1.09. The highest BCUT2D eigenvalue weighted by molar-refractivity contribution is 8.01. The number of benzene rings is 1. The molecule has 0 N–H and O–H groups in total. The molecule has 0 spiro atoms. The third kappa shape index (κ3) is 4.54. The molecule has 2 heterocycles. The van der Waals surface area contributed by atoms with E-state index in [-0.39, 0.29) is 0 Å². The Balaban J connectivity index is 1.37. The van der Waals surface area contributed by atoms with Gasteiger partial charge in [0.05, 0.1) is 5.02 Å². The minimum absolute atomic E-state index is 0.847. The predicted octanol–water partition coefficient (Wildman–Crippen LogP) is 5.07. The van der Waals surface area contributed by atoms with Crippen LogP contribution in [0.25, 0.3) is 0 Å². The molecular formula is C15H18ClN3S3. The van der Waals surface area contributed by atoms with Crippen molar-refractivity contribution in [2.75, 3.05) is 29.5 Å². The normalized spacial score (nSPS) is 14.7. The van der Waals surface area contributed by atoms with Gasteiger partial charge in [-0.1, -0.05) is 46.8 Å². The summed E-state index contributed by atoms with van der Waals surface area (Å²) in [6.45, 7) is 2.27. The van der Waals surface area contributed by atoms with Gasteiger partial charge in [0.25, 0.3) is 0 Å². The molecule has 22 heavy (non-hydrogen) atoms. The molecule has 0 atom stereocenters. The average Bonchev–Trinajstić information content (AvgIpc) is 3.19. The molecule has 0 bridgehead atoms. The van der Waals surface area contributed by atoms with Crippen LogP contribution in [0.4, 0.5) is 5.13 Å². The molecule has 1 aliphatic heterocycles. The van der Waals surface area contributed by atoms with Gasteiger partial charge in [-0.25, -0.2) is 0 Å². The third-order valence-corrected chi connectivity index (χ3v) is 7.19. The molecule has 3 rings (SSSR count). The van der Waals surface area contributed by atoms with E-state index in [0.717, 1.165) is 45.5 Å². The quantitative estimate of drug-likeness (QED) is 0.500. The van der Waals surface area contributed by atoms with E-state index >= 15 is 0 Å². The molecule has 1 aliphatic rings. The van der Waals surface area contributed by atoms with Crippen LogP contribution in [0.5, 0.6) is 0 Å². The lowest BCUT2D eigenvalue weighted by Crippen LogP contribution is -2.17. The summed E-state index contributed by atoms with van der Waals surface area (Å²) in [6, 6.07) is 8.02. The van der Waals surface area contributed by atoms with Crippen LogP contribution in [-0.4, -0.2) is 34.8 Å². The second-order valence-electron chi connectivity index (χ2n) is 5.03. The van der Waals surface area contributed by atoms with E-state index in [9.17, 15) is 0 Å². The lowest BCUT2D eigenvalue weighted by molar-refractivity contribution is 0.912. The summed E-state index contributed by atoms with van der Waals surface area (Å²) >= 11 is 11.5. The van der Waals surface area contributed by atoms with Gasteiger partial charge in [0.15, 0.2) is 4.34 Å². The SMILES string of the molecule is Clc1ccccc1SCCCSc1nnc(N2CCCC2)s1. The molecule has 1 saturated heterocycles. The van der Waals surface area contributed by atoms with E-state index in [1.54, 1.807) is 11.3 Å². The summed E-state index contributed by atoms with van der Waals surface area (Å²) in [5.74, 6) is 2.15. The van der Waals surface area contributed by atoms with Crippen molar-refractivity contribution in [1.29, 1.82) is 0 Å². The monoisotopic (exact) mass is 371 g/mol. The van der Waals surface area contributed by atoms with Gasteiger partial charge in [0.1, 0.15) is 0 Å². The number of rotatable bonds is 7. The number of anilines is 1. The van der Waals surface area contributed by atoms with Crippen LogP contribution in [0.3, 0.4) is 0 Å². The van der Waals surface area contributed by atoms with Crippen molar-refractivity contribution in [1.82, 2.24) is 10.2 Å². The van der Waals surface area contributed by atoms with E-state index in [1.165, 1.54) is 17.7 Å². The molecule has 0 saturated carbocycles. The van der Waals surface area contributed by atoms with Gasteiger partial charge >= 0.3 is 0 Å². The van der Waals surface area contributed by atoms with Gasteiger partial charge in [0.2, 0.25) is 5.13 Å². The van der Waals surface area contributed by atoms with Crippen LogP contribution >= 0.6 is 46.5 Å². The van der Waals surface area contributed by atoms with Crippen molar-refractivity contribution in [2.45, 2.75) is 28.5 Å². The van der Waals surface area contributed by atoms with Crippen molar-refractivity contribution in [3.63, 3.8) is 0 Å².